The molecular weight excluding hydrogens is 242 g/mol. The van der Waals surface area contributed by atoms with Gasteiger partial charge in [-0.25, -0.2) is 13.1 Å². The van der Waals surface area contributed by atoms with Gasteiger partial charge in [-0.1, -0.05) is 12.1 Å². The Labute approximate surface area is 101 Å². The normalized spacial score (nSPS) is 19.0. The average Bonchev–Trinajstić information content (AvgIpc) is 2.36. The predicted octanol–water partition coefficient (Wildman–Crippen LogP) is 0.766. The molecule has 1 atom stereocenters. The molecule has 1 N–H and O–H groups in total. The number of ether oxygens (including phenoxy) is 2. The van der Waals surface area contributed by atoms with E-state index in [0.717, 1.165) is 0 Å². The summed E-state index contributed by atoms with van der Waals surface area (Å²) in [5, 5.41) is 0. The number of rotatable bonds is 4. The third-order valence-corrected chi connectivity index (χ3v) is 3.85. The standard InChI is InChI=1S/C11H15NO4S/c1-2-17(13,14)12-7-9-8-15-10-5-3-4-6-11(10)16-9/h3-6,9,12H,2,7-8H2,1H3. The quantitative estimate of drug-likeness (QED) is 0.865. The summed E-state index contributed by atoms with van der Waals surface area (Å²) in [4.78, 5) is 0. The Morgan fingerprint density at radius 2 is 2.06 bits per heavy atom. The minimum Gasteiger partial charge on any atom is -0.486 e. The minimum absolute atomic E-state index is 0.0666. The lowest BCUT2D eigenvalue weighted by atomic mass is 10.2. The van der Waals surface area contributed by atoms with Crippen molar-refractivity contribution in [1.82, 2.24) is 4.72 Å². The van der Waals surface area contributed by atoms with E-state index in [0.29, 0.717) is 18.1 Å². The SMILES string of the molecule is CCS(=O)(=O)NCC1COc2ccccc2O1. The zero-order chi connectivity index (χ0) is 12.3. The maximum atomic E-state index is 11.3. The summed E-state index contributed by atoms with van der Waals surface area (Å²) in [6.45, 7) is 2.17. The molecule has 6 heteroatoms. The van der Waals surface area contributed by atoms with Gasteiger partial charge < -0.3 is 9.47 Å². The van der Waals surface area contributed by atoms with Crippen LogP contribution in [0.2, 0.25) is 0 Å². The van der Waals surface area contributed by atoms with Crippen LogP contribution in [0.25, 0.3) is 0 Å². The molecule has 0 bridgehead atoms. The molecule has 1 unspecified atom stereocenters. The first-order valence-electron chi connectivity index (χ1n) is 5.46. The Balaban J connectivity index is 1.95. The molecule has 1 aromatic carbocycles. The second kappa shape index (κ2) is 4.93. The fraction of sp³-hybridized carbons (Fsp3) is 0.455. The molecule has 1 aliphatic rings. The lowest BCUT2D eigenvalue weighted by Gasteiger charge is -2.26. The second-order valence-corrected chi connectivity index (χ2v) is 5.85. The molecule has 0 aliphatic carbocycles. The van der Waals surface area contributed by atoms with Crippen LogP contribution in [-0.4, -0.2) is 33.4 Å². The highest BCUT2D eigenvalue weighted by atomic mass is 32.2. The molecule has 0 saturated heterocycles. The van der Waals surface area contributed by atoms with Crippen LogP contribution in [0.4, 0.5) is 0 Å². The molecule has 0 fully saturated rings. The second-order valence-electron chi connectivity index (χ2n) is 3.75. The Morgan fingerprint density at radius 3 is 2.76 bits per heavy atom. The van der Waals surface area contributed by atoms with Crippen molar-refractivity contribution in [2.45, 2.75) is 13.0 Å². The lowest BCUT2D eigenvalue weighted by Crippen LogP contribution is -2.41. The van der Waals surface area contributed by atoms with Crippen LogP contribution >= 0.6 is 0 Å². The average molecular weight is 257 g/mol. The van der Waals surface area contributed by atoms with E-state index in [1.54, 1.807) is 13.0 Å². The van der Waals surface area contributed by atoms with Gasteiger partial charge in [0.15, 0.2) is 11.5 Å². The van der Waals surface area contributed by atoms with Crippen LogP contribution in [0.1, 0.15) is 6.92 Å². The molecule has 0 radical (unpaired) electrons. The van der Waals surface area contributed by atoms with Gasteiger partial charge >= 0.3 is 0 Å². The Bertz CT molecular complexity index is 486. The number of benzene rings is 1. The molecule has 1 aliphatic heterocycles. The lowest BCUT2D eigenvalue weighted by molar-refractivity contribution is 0.0943. The minimum atomic E-state index is -3.18. The third kappa shape index (κ3) is 3.10. The van der Waals surface area contributed by atoms with Crippen molar-refractivity contribution in [2.24, 2.45) is 0 Å². The molecule has 1 heterocycles. The first kappa shape index (κ1) is 12.2. The van der Waals surface area contributed by atoms with E-state index in [9.17, 15) is 8.42 Å². The first-order valence-corrected chi connectivity index (χ1v) is 7.12. The van der Waals surface area contributed by atoms with E-state index in [1.807, 2.05) is 18.2 Å². The summed E-state index contributed by atoms with van der Waals surface area (Å²) in [6, 6.07) is 7.33. The highest BCUT2D eigenvalue weighted by molar-refractivity contribution is 7.89. The van der Waals surface area contributed by atoms with Crippen molar-refractivity contribution in [3.8, 4) is 11.5 Å². The van der Waals surface area contributed by atoms with Crippen LogP contribution < -0.4 is 14.2 Å². The van der Waals surface area contributed by atoms with Crippen molar-refractivity contribution in [2.75, 3.05) is 18.9 Å². The van der Waals surface area contributed by atoms with Crippen LogP contribution in [0.5, 0.6) is 11.5 Å². The molecule has 94 valence electrons. The maximum Gasteiger partial charge on any atom is 0.211 e. The largest absolute Gasteiger partial charge is 0.486 e. The van der Waals surface area contributed by atoms with Crippen LogP contribution in [0.15, 0.2) is 24.3 Å². The number of fused-ring (bicyclic) bond motifs is 1. The molecule has 0 aromatic heterocycles. The van der Waals surface area contributed by atoms with Gasteiger partial charge in [0.1, 0.15) is 12.7 Å². The van der Waals surface area contributed by atoms with Crippen molar-refractivity contribution in [3.05, 3.63) is 24.3 Å². The zero-order valence-electron chi connectivity index (χ0n) is 9.55. The van der Waals surface area contributed by atoms with E-state index in [-0.39, 0.29) is 18.4 Å². The first-order chi connectivity index (χ1) is 8.11. The van der Waals surface area contributed by atoms with Gasteiger partial charge in [0, 0.05) is 0 Å². The van der Waals surface area contributed by atoms with Crippen molar-refractivity contribution in [3.63, 3.8) is 0 Å². The van der Waals surface area contributed by atoms with Crippen molar-refractivity contribution >= 4 is 10.0 Å². The van der Waals surface area contributed by atoms with E-state index in [2.05, 4.69) is 4.72 Å². The number of hydrogen-bond donors (Lipinski definition) is 1. The summed E-state index contributed by atoms with van der Waals surface area (Å²) in [5.41, 5.74) is 0. The predicted molar refractivity (Wildman–Crippen MR) is 63.8 cm³/mol. The van der Waals surface area contributed by atoms with E-state index in [1.165, 1.54) is 0 Å². The summed E-state index contributed by atoms with van der Waals surface area (Å²) in [6.07, 6.45) is -0.286. The summed E-state index contributed by atoms with van der Waals surface area (Å²) < 4.78 is 36.1. The molecule has 0 amide bonds. The summed E-state index contributed by atoms with van der Waals surface area (Å²) in [5.74, 6) is 1.42. The highest BCUT2D eigenvalue weighted by Crippen LogP contribution is 2.30. The van der Waals surface area contributed by atoms with E-state index >= 15 is 0 Å². The van der Waals surface area contributed by atoms with Gasteiger partial charge in [-0.3, -0.25) is 0 Å². The molecule has 0 spiro atoms. The summed E-state index contributed by atoms with van der Waals surface area (Å²) in [7, 11) is -3.18. The molecule has 2 rings (SSSR count). The monoisotopic (exact) mass is 257 g/mol. The van der Waals surface area contributed by atoms with E-state index < -0.39 is 10.0 Å². The van der Waals surface area contributed by atoms with Crippen LogP contribution in [0.3, 0.4) is 0 Å². The number of para-hydroxylation sites is 2. The highest BCUT2D eigenvalue weighted by Gasteiger charge is 2.21. The van der Waals surface area contributed by atoms with Gasteiger partial charge in [-0.15, -0.1) is 0 Å². The topological polar surface area (TPSA) is 64.6 Å². The Morgan fingerprint density at radius 1 is 1.35 bits per heavy atom. The van der Waals surface area contributed by atoms with Crippen LogP contribution in [-0.2, 0) is 10.0 Å². The fourth-order valence-electron chi connectivity index (χ4n) is 1.49. The van der Waals surface area contributed by atoms with Gasteiger partial charge in [-0.2, -0.15) is 0 Å². The number of nitrogens with one attached hydrogen (secondary N) is 1. The maximum absolute atomic E-state index is 11.3. The zero-order valence-corrected chi connectivity index (χ0v) is 10.4. The smallest absolute Gasteiger partial charge is 0.211 e. The van der Waals surface area contributed by atoms with Crippen LogP contribution in [0, 0.1) is 0 Å². The van der Waals surface area contributed by atoms with Crippen molar-refractivity contribution < 1.29 is 17.9 Å². The van der Waals surface area contributed by atoms with Gasteiger partial charge in [0.2, 0.25) is 10.0 Å². The third-order valence-electron chi connectivity index (χ3n) is 2.48. The molecule has 1 aromatic rings. The molecule has 0 saturated carbocycles. The van der Waals surface area contributed by atoms with Gasteiger partial charge in [0.25, 0.3) is 0 Å². The number of sulfonamides is 1. The van der Waals surface area contributed by atoms with Crippen molar-refractivity contribution in [1.29, 1.82) is 0 Å². The van der Waals surface area contributed by atoms with E-state index in [4.69, 9.17) is 9.47 Å². The fourth-order valence-corrected chi connectivity index (χ4v) is 2.13. The van der Waals surface area contributed by atoms with Gasteiger partial charge in [-0.05, 0) is 19.1 Å². The van der Waals surface area contributed by atoms with Gasteiger partial charge in [0.05, 0.1) is 12.3 Å². The molecule has 5 nitrogen and oxygen atoms in total. The summed E-state index contributed by atoms with van der Waals surface area (Å²) >= 11 is 0. The molecular formula is C11H15NO4S. The Hall–Kier alpha value is -1.27. The molecule has 17 heavy (non-hydrogen) atoms. The number of hydrogen-bond acceptors (Lipinski definition) is 4. The Kier molecular flexibility index (Phi) is 3.54.